The topological polar surface area (TPSA) is 37.3 Å². The molecule has 0 atom stereocenters. The van der Waals surface area contributed by atoms with Crippen LogP contribution in [0.4, 0.5) is 4.39 Å². The number of halogens is 1. The van der Waals surface area contributed by atoms with Crippen LogP contribution in [0.5, 0.6) is 0 Å². The molecule has 0 aliphatic rings. The number of rotatable bonds is 5. The second kappa shape index (κ2) is 5.65. The molecule has 0 unspecified atom stereocenters. The summed E-state index contributed by atoms with van der Waals surface area (Å²) in [6, 6.07) is 0. The molecule has 0 saturated carbocycles. The van der Waals surface area contributed by atoms with Crippen molar-refractivity contribution < 1.29 is 14.3 Å². The Morgan fingerprint density at radius 2 is 2.27 bits per heavy atom. The molecule has 0 heterocycles. The molecule has 0 aromatic rings. The summed E-state index contributed by atoms with van der Waals surface area (Å²) in [4.78, 5) is 10.2. The molecule has 3 heteroatoms. The van der Waals surface area contributed by atoms with Gasteiger partial charge in [-0.2, -0.15) is 0 Å². The summed E-state index contributed by atoms with van der Waals surface area (Å²) < 4.78 is 11.4. The molecule has 0 amide bonds. The second-order valence-electron chi connectivity index (χ2n) is 2.16. The third-order valence-electron chi connectivity index (χ3n) is 1.24. The number of hydrogen-bond acceptors (Lipinski definition) is 1. The SMILES string of the molecule is C=C(CCCC=CF)C(=O)O. The maximum Gasteiger partial charge on any atom is 0.330 e. The predicted molar refractivity (Wildman–Crippen MR) is 40.9 cm³/mol. The minimum Gasteiger partial charge on any atom is -0.478 e. The quantitative estimate of drug-likeness (QED) is 0.492. The third kappa shape index (κ3) is 5.33. The lowest BCUT2D eigenvalue weighted by Gasteiger charge is -1.95. The van der Waals surface area contributed by atoms with E-state index in [0.717, 1.165) is 0 Å². The first-order chi connectivity index (χ1) is 5.18. The maximum atomic E-state index is 11.4. The van der Waals surface area contributed by atoms with Crippen molar-refractivity contribution in [3.05, 3.63) is 24.6 Å². The van der Waals surface area contributed by atoms with Gasteiger partial charge in [-0.1, -0.05) is 12.7 Å². The van der Waals surface area contributed by atoms with Crippen molar-refractivity contribution in [2.75, 3.05) is 0 Å². The molecule has 2 nitrogen and oxygen atoms in total. The fraction of sp³-hybridized carbons (Fsp3) is 0.375. The fourth-order valence-corrected chi connectivity index (χ4v) is 0.603. The molecule has 0 fully saturated rings. The molecular weight excluding hydrogens is 147 g/mol. The number of allylic oxidation sites excluding steroid dienone is 1. The molecular formula is C8H11FO2. The van der Waals surface area contributed by atoms with Crippen molar-refractivity contribution in [1.29, 1.82) is 0 Å². The molecule has 62 valence electrons. The summed E-state index contributed by atoms with van der Waals surface area (Å²) in [6.07, 6.45) is 3.42. The Balaban J connectivity index is 3.39. The number of unbranched alkanes of at least 4 members (excludes halogenated alkanes) is 1. The van der Waals surface area contributed by atoms with Gasteiger partial charge < -0.3 is 5.11 Å². The van der Waals surface area contributed by atoms with E-state index < -0.39 is 5.97 Å². The Bertz CT molecular complexity index is 173. The molecule has 0 spiro atoms. The highest BCUT2D eigenvalue weighted by molar-refractivity contribution is 5.85. The molecule has 0 aromatic carbocycles. The first-order valence-electron chi connectivity index (χ1n) is 3.34. The summed E-state index contributed by atoms with van der Waals surface area (Å²) in [5.41, 5.74) is 0.178. The number of aliphatic carboxylic acids is 1. The fourth-order valence-electron chi connectivity index (χ4n) is 0.603. The monoisotopic (exact) mass is 158 g/mol. The Morgan fingerprint density at radius 3 is 2.73 bits per heavy atom. The molecule has 0 rings (SSSR count). The van der Waals surface area contributed by atoms with E-state index >= 15 is 0 Å². The van der Waals surface area contributed by atoms with Gasteiger partial charge in [-0.15, -0.1) is 0 Å². The van der Waals surface area contributed by atoms with Gasteiger partial charge in [-0.05, 0) is 19.3 Å². The molecule has 0 aliphatic heterocycles. The maximum absolute atomic E-state index is 11.4. The second-order valence-corrected chi connectivity index (χ2v) is 2.16. The van der Waals surface area contributed by atoms with E-state index in [0.29, 0.717) is 25.6 Å². The van der Waals surface area contributed by atoms with Crippen LogP contribution in [0, 0.1) is 0 Å². The average Bonchev–Trinajstić information content (AvgIpc) is 1.97. The van der Waals surface area contributed by atoms with Crippen LogP contribution < -0.4 is 0 Å². The molecule has 1 N–H and O–H groups in total. The van der Waals surface area contributed by atoms with Crippen molar-refractivity contribution in [3.63, 3.8) is 0 Å². The van der Waals surface area contributed by atoms with Gasteiger partial charge in [0.05, 0.1) is 6.33 Å². The van der Waals surface area contributed by atoms with E-state index in [-0.39, 0.29) is 5.57 Å². The predicted octanol–water partition coefficient (Wildman–Crippen LogP) is 2.28. The molecule has 0 radical (unpaired) electrons. The van der Waals surface area contributed by atoms with Crippen molar-refractivity contribution >= 4 is 5.97 Å². The van der Waals surface area contributed by atoms with Crippen molar-refractivity contribution in [3.8, 4) is 0 Å². The van der Waals surface area contributed by atoms with Gasteiger partial charge in [0.15, 0.2) is 0 Å². The Hall–Kier alpha value is -1.12. The Kier molecular flexibility index (Phi) is 5.07. The minimum atomic E-state index is -0.978. The van der Waals surface area contributed by atoms with Crippen molar-refractivity contribution in [2.24, 2.45) is 0 Å². The van der Waals surface area contributed by atoms with E-state index in [1.165, 1.54) is 6.08 Å². The van der Waals surface area contributed by atoms with Crippen molar-refractivity contribution in [2.45, 2.75) is 19.3 Å². The first-order valence-corrected chi connectivity index (χ1v) is 3.34. The summed E-state index contributed by atoms with van der Waals surface area (Å²) in [7, 11) is 0. The lowest BCUT2D eigenvalue weighted by atomic mass is 10.1. The van der Waals surface area contributed by atoms with Gasteiger partial charge in [0.2, 0.25) is 0 Å². The third-order valence-corrected chi connectivity index (χ3v) is 1.24. The van der Waals surface area contributed by atoms with Crippen LogP contribution in [0.3, 0.4) is 0 Å². The van der Waals surface area contributed by atoms with Gasteiger partial charge in [-0.3, -0.25) is 0 Å². The zero-order valence-corrected chi connectivity index (χ0v) is 6.22. The lowest BCUT2D eigenvalue weighted by molar-refractivity contribution is -0.132. The van der Waals surface area contributed by atoms with Gasteiger partial charge in [0.25, 0.3) is 0 Å². The lowest BCUT2D eigenvalue weighted by Crippen LogP contribution is -1.97. The Labute approximate surface area is 65.0 Å². The van der Waals surface area contributed by atoms with E-state index in [4.69, 9.17) is 5.11 Å². The standard InChI is InChI=1S/C8H11FO2/c1-7(8(10)11)5-3-2-4-6-9/h4,6H,1-3,5H2,(H,10,11). The van der Waals surface area contributed by atoms with Gasteiger partial charge >= 0.3 is 5.97 Å². The van der Waals surface area contributed by atoms with Crippen LogP contribution in [0.15, 0.2) is 24.6 Å². The number of carbonyl (C=O) groups is 1. The number of carboxylic acid groups (broad SMARTS) is 1. The normalized spacial score (nSPS) is 10.3. The number of carboxylic acids is 1. The van der Waals surface area contributed by atoms with E-state index in [9.17, 15) is 9.18 Å². The van der Waals surface area contributed by atoms with Gasteiger partial charge in [-0.25, -0.2) is 9.18 Å². The van der Waals surface area contributed by atoms with Crippen LogP contribution in [-0.4, -0.2) is 11.1 Å². The highest BCUT2D eigenvalue weighted by Gasteiger charge is 2.01. The zero-order valence-electron chi connectivity index (χ0n) is 6.22. The first kappa shape index (κ1) is 9.88. The smallest absolute Gasteiger partial charge is 0.330 e. The number of hydrogen-bond donors (Lipinski definition) is 1. The van der Waals surface area contributed by atoms with Crippen LogP contribution in [0.1, 0.15) is 19.3 Å². The molecule has 11 heavy (non-hydrogen) atoms. The summed E-state index contributed by atoms with van der Waals surface area (Å²) >= 11 is 0. The van der Waals surface area contributed by atoms with E-state index in [1.54, 1.807) is 0 Å². The largest absolute Gasteiger partial charge is 0.478 e. The van der Waals surface area contributed by atoms with Crippen LogP contribution in [0.25, 0.3) is 0 Å². The highest BCUT2D eigenvalue weighted by Crippen LogP contribution is 2.05. The van der Waals surface area contributed by atoms with Gasteiger partial charge in [0, 0.05) is 5.57 Å². The van der Waals surface area contributed by atoms with Gasteiger partial charge in [0.1, 0.15) is 0 Å². The summed E-state index contributed by atoms with van der Waals surface area (Å²) in [5, 5.41) is 8.35. The average molecular weight is 158 g/mol. The summed E-state index contributed by atoms with van der Waals surface area (Å²) in [5.74, 6) is -0.978. The summed E-state index contributed by atoms with van der Waals surface area (Å²) in [6.45, 7) is 3.33. The van der Waals surface area contributed by atoms with Crippen molar-refractivity contribution in [1.82, 2.24) is 0 Å². The van der Waals surface area contributed by atoms with E-state index in [2.05, 4.69) is 6.58 Å². The molecule has 0 bridgehead atoms. The molecule has 0 aliphatic carbocycles. The molecule has 0 saturated heterocycles. The van der Waals surface area contributed by atoms with E-state index in [1.807, 2.05) is 0 Å². The zero-order chi connectivity index (χ0) is 8.69. The van der Waals surface area contributed by atoms with Crippen LogP contribution in [0.2, 0.25) is 0 Å². The molecule has 0 aromatic heterocycles. The van der Waals surface area contributed by atoms with Crippen LogP contribution in [-0.2, 0) is 4.79 Å². The highest BCUT2D eigenvalue weighted by atomic mass is 19.1. The minimum absolute atomic E-state index is 0.178. The van der Waals surface area contributed by atoms with Crippen LogP contribution >= 0.6 is 0 Å². The Morgan fingerprint density at radius 1 is 1.64 bits per heavy atom.